The van der Waals surface area contributed by atoms with E-state index in [0.29, 0.717) is 32.5 Å². The minimum Gasteiger partial charge on any atom is -0.495 e. The Bertz CT molecular complexity index is 1150. The minimum absolute atomic E-state index is 0.0274. The Hall–Kier alpha value is -4.05. The van der Waals surface area contributed by atoms with Crippen LogP contribution in [0, 0.1) is 10.1 Å². The number of amides is 2. The summed E-state index contributed by atoms with van der Waals surface area (Å²) in [6, 6.07) is 18.1. The number of primary amides is 1. The summed E-state index contributed by atoms with van der Waals surface area (Å²) in [5, 5.41) is 16.6. The van der Waals surface area contributed by atoms with E-state index in [0.717, 1.165) is 0 Å². The first-order chi connectivity index (χ1) is 15.4. The summed E-state index contributed by atoms with van der Waals surface area (Å²) in [5.41, 5.74) is 6.42. The number of carbonyl (C=O) groups is 2. The number of benzene rings is 3. The van der Waals surface area contributed by atoms with Crippen LogP contribution in [0.25, 0.3) is 0 Å². The Morgan fingerprint density at radius 3 is 2.38 bits per heavy atom. The molecule has 2 amide bonds. The lowest BCUT2D eigenvalue weighted by Crippen LogP contribution is -2.24. The first-order valence-corrected chi connectivity index (χ1v) is 10.2. The maximum atomic E-state index is 13.3. The minimum atomic E-state index is -0.575. The van der Waals surface area contributed by atoms with Gasteiger partial charge in [0.1, 0.15) is 5.75 Å². The fourth-order valence-corrected chi connectivity index (χ4v) is 3.85. The highest BCUT2D eigenvalue weighted by molar-refractivity contribution is 7.99. The van der Waals surface area contributed by atoms with Crippen LogP contribution in [0.4, 0.5) is 17.1 Å². The van der Waals surface area contributed by atoms with E-state index < -0.39 is 16.7 Å². The van der Waals surface area contributed by atoms with Crippen LogP contribution in [0.2, 0.25) is 0 Å². The fraction of sp³-hybridized carbons (Fsp3) is 0.0909. The Morgan fingerprint density at radius 1 is 1.03 bits per heavy atom. The summed E-state index contributed by atoms with van der Waals surface area (Å²) in [4.78, 5) is 36.3. The van der Waals surface area contributed by atoms with Crippen molar-refractivity contribution in [3.05, 3.63) is 82.4 Å². The quantitative estimate of drug-likeness (QED) is 0.331. The van der Waals surface area contributed by atoms with Crippen LogP contribution in [-0.2, 0) is 4.79 Å². The number of hydrogen-bond donors (Lipinski definition) is 3. The maximum absolute atomic E-state index is 13.3. The Morgan fingerprint density at radius 2 is 1.72 bits per heavy atom. The smallest absolute Gasteiger partial charge is 0.269 e. The lowest BCUT2D eigenvalue weighted by atomic mass is 10.1. The standard InChI is InChI=1S/C22H20N4O5S/c1-31-18-7-3-2-5-16(18)25-22(28)21-17(24-13-20(23)27)6-4-8-19(21)32-15-11-9-14(10-12-15)26(29)30/h2-12,24H,13H2,1H3,(H2,23,27)(H,25,28). The molecule has 0 aliphatic carbocycles. The van der Waals surface area contributed by atoms with Gasteiger partial charge in [-0.15, -0.1) is 0 Å². The molecule has 0 saturated heterocycles. The van der Waals surface area contributed by atoms with Gasteiger partial charge in [-0.1, -0.05) is 30.0 Å². The zero-order chi connectivity index (χ0) is 23.1. The number of rotatable bonds is 9. The van der Waals surface area contributed by atoms with Crippen LogP contribution in [0.5, 0.6) is 5.75 Å². The van der Waals surface area contributed by atoms with E-state index in [1.165, 1.54) is 31.0 Å². The molecule has 0 aliphatic heterocycles. The summed E-state index contributed by atoms with van der Waals surface area (Å²) >= 11 is 1.26. The fourth-order valence-electron chi connectivity index (χ4n) is 2.88. The molecule has 0 aliphatic rings. The summed E-state index contributed by atoms with van der Waals surface area (Å²) in [6.45, 7) is -0.152. The predicted molar refractivity (Wildman–Crippen MR) is 122 cm³/mol. The lowest BCUT2D eigenvalue weighted by molar-refractivity contribution is -0.384. The van der Waals surface area contributed by atoms with Gasteiger partial charge in [0.2, 0.25) is 5.91 Å². The van der Waals surface area contributed by atoms with Gasteiger partial charge >= 0.3 is 0 Å². The van der Waals surface area contributed by atoms with Crippen molar-refractivity contribution in [2.45, 2.75) is 9.79 Å². The third-order valence-corrected chi connectivity index (χ3v) is 5.40. The summed E-state index contributed by atoms with van der Waals surface area (Å²) in [5.74, 6) is -0.506. The Kier molecular flexibility index (Phi) is 7.29. The highest BCUT2D eigenvalue weighted by atomic mass is 32.2. The second-order valence-electron chi connectivity index (χ2n) is 6.51. The molecule has 0 bridgehead atoms. The van der Waals surface area contributed by atoms with Crippen LogP contribution in [0.15, 0.2) is 76.5 Å². The molecule has 0 radical (unpaired) electrons. The van der Waals surface area contributed by atoms with Gasteiger partial charge < -0.3 is 21.1 Å². The van der Waals surface area contributed by atoms with Crippen molar-refractivity contribution in [1.82, 2.24) is 0 Å². The third kappa shape index (κ3) is 5.55. The number of methoxy groups -OCH3 is 1. The van der Waals surface area contributed by atoms with E-state index in [1.807, 2.05) is 0 Å². The monoisotopic (exact) mass is 452 g/mol. The van der Waals surface area contributed by atoms with E-state index >= 15 is 0 Å². The van der Waals surface area contributed by atoms with Crippen LogP contribution in [-0.4, -0.2) is 30.4 Å². The van der Waals surface area contributed by atoms with Crippen molar-refractivity contribution < 1.29 is 19.2 Å². The molecule has 3 aromatic carbocycles. The average molecular weight is 452 g/mol. The molecule has 32 heavy (non-hydrogen) atoms. The molecule has 0 aromatic heterocycles. The van der Waals surface area contributed by atoms with Crippen molar-refractivity contribution in [3.63, 3.8) is 0 Å². The first-order valence-electron chi connectivity index (χ1n) is 9.41. The van der Waals surface area contributed by atoms with Crippen LogP contribution >= 0.6 is 11.8 Å². The average Bonchev–Trinajstić information content (AvgIpc) is 2.78. The Labute approximate surface area is 188 Å². The van der Waals surface area contributed by atoms with E-state index in [2.05, 4.69) is 10.6 Å². The number of nitrogens with zero attached hydrogens (tertiary/aromatic N) is 1. The summed E-state index contributed by atoms with van der Waals surface area (Å²) < 4.78 is 5.30. The lowest BCUT2D eigenvalue weighted by Gasteiger charge is -2.16. The summed E-state index contributed by atoms with van der Waals surface area (Å²) in [7, 11) is 1.50. The molecule has 3 aromatic rings. The van der Waals surface area contributed by atoms with Crippen molar-refractivity contribution in [3.8, 4) is 5.75 Å². The van der Waals surface area contributed by atoms with Crippen LogP contribution in [0.1, 0.15) is 10.4 Å². The van der Waals surface area contributed by atoms with Crippen molar-refractivity contribution in [1.29, 1.82) is 0 Å². The van der Waals surface area contributed by atoms with Crippen molar-refractivity contribution in [2.75, 3.05) is 24.3 Å². The molecule has 0 unspecified atom stereocenters. The first kappa shape index (κ1) is 22.6. The zero-order valence-corrected chi connectivity index (χ0v) is 17.8. The molecule has 0 heterocycles. The topological polar surface area (TPSA) is 137 Å². The van der Waals surface area contributed by atoms with Gasteiger partial charge in [0.05, 0.1) is 29.8 Å². The molecule has 9 nitrogen and oxygen atoms in total. The molecule has 0 atom stereocenters. The van der Waals surface area contributed by atoms with E-state index in [4.69, 9.17) is 10.5 Å². The number of non-ortho nitro benzene ring substituents is 1. The molecule has 0 saturated carbocycles. The highest BCUT2D eigenvalue weighted by Crippen LogP contribution is 2.36. The van der Waals surface area contributed by atoms with Gasteiger partial charge in [-0.3, -0.25) is 19.7 Å². The molecule has 0 fully saturated rings. The van der Waals surface area contributed by atoms with Crippen LogP contribution < -0.4 is 21.1 Å². The molecular weight excluding hydrogens is 432 g/mol. The maximum Gasteiger partial charge on any atom is 0.269 e. The second-order valence-corrected chi connectivity index (χ2v) is 7.62. The number of nitro groups is 1. The van der Waals surface area contributed by atoms with Gasteiger partial charge in [-0.2, -0.15) is 0 Å². The molecule has 4 N–H and O–H groups in total. The molecule has 10 heteroatoms. The zero-order valence-electron chi connectivity index (χ0n) is 17.0. The number of para-hydroxylation sites is 2. The van der Waals surface area contributed by atoms with Gasteiger partial charge in [0.15, 0.2) is 0 Å². The second kappa shape index (κ2) is 10.3. The Balaban J connectivity index is 1.97. The number of nitrogens with one attached hydrogen (secondary N) is 2. The van der Waals surface area contributed by atoms with Gasteiger partial charge in [-0.25, -0.2) is 0 Å². The number of nitrogens with two attached hydrogens (primary N) is 1. The normalized spacial score (nSPS) is 10.3. The highest BCUT2D eigenvalue weighted by Gasteiger charge is 2.19. The number of carbonyl (C=O) groups excluding carboxylic acids is 2. The number of hydrogen-bond acceptors (Lipinski definition) is 7. The van der Waals surface area contributed by atoms with E-state index in [-0.39, 0.29) is 12.2 Å². The third-order valence-electron chi connectivity index (χ3n) is 4.34. The van der Waals surface area contributed by atoms with Gasteiger partial charge in [0, 0.05) is 27.6 Å². The molecule has 0 spiro atoms. The van der Waals surface area contributed by atoms with Crippen molar-refractivity contribution in [2.24, 2.45) is 5.73 Å². The molecule has 3 rings (SSSR count). The SMILES string of the molecule is COc1ccccc1NC(=O)c1c(NCC(N)=O)cccc1Sc1ccc([N+](=O)[O-])cc1. The molecule has 164 valence electrons. The number of nitro benzene ring substituents is 1. The van der Waals surface area contributed by atoms with Crippen LogP contribution in [0.3, 0.4) is 0 Å². The summed E-state index contributed by atoms with van der Waals surface area (Å²) in [6.07, 6.45) is 0. The molecular formula is C22H20N4O5S. The predicted octanol–water partition coefficient (Wildman–Crippen LogP) is 3.90. The van der Waals surface area contributed by atoms with E-state index in [9.17, 15) is 19.7 Å². The largest absolute Gasteiger partial charge is 0.495 e. The van der Waals surface area contributed by atoms with Gasteiger partial charge in [-0.05, 0) is 36.4 Å². The number of ether oxygens (including phenoxy) is 1. The van der Waals surface area contributed by atoms with E-state index in [1.54, 1.807) is 54.6 Å². The van der Waals surface area contributed by atoms with Crippen molar-refractivity contribution >= 4 is 40.6 Å². The van der Waals surface area contributed by atoms with Gasteiger partial charge in [0.25, 0.3) is 11.6 Å². The number of anilines is 2.